The van der Waals surface area contributed by atoms with Crippen LogP contribution < -0.4 is 14.2 Å². The molecule has 8 nitrogen and oxygen atoms in total. The second kappa shape index (κ2) is 14.7. The maximum Gasteiger partial charge on any atom is 0.343 e. The van der Waals surface area contributed by atoms with Crippen LogP contribution in [0.4, 0.5) is 0 Å². The average molecular weight is 503 g/mol. The first-order chi connectivity index (χ1) is 18.0. The van der Waals surface area contributed by atoms with Gasteiger partial charge in [0.2, 0.25) is 0 Å². The highest BCUT2D eigenvalue weighted by Gasteiger charge is 2.10. The highest BCUT2D eigenvalue weighted by Crippen LogP contribution is 2.20. The van der Waals surface area contributed by atoms with Gasteiger partial charge in [-0.05, 0) is 60.2 Å². The molecule has 0 atom stereocenters. The van der Waals surface area contributed by atoms with Gasteiger partial charge in [0.25, 0.3) is 0 Å². The molecule has 0 N–H and O–H groups in total. The number of carbonyl (C=O) groups is 3. The van der Waals surface area contributed by atoms with Gasteiger partial charge < -0.3 is 23.7 Å². The first-order valence-electron chi connectivity index (χ1n) is 11.4. The zero-order valence-electron chi connectivity index (χ0n) is 20.0. The van der Waals surface area contributed by atoms with Gasteiger partial charge in [0.1, 0.15) is 30.5 Å². The third-order valence-electron chi connectivity index (χ3n) is 4.69. The quantitative estimate of drug-likeness (QED) is 0.144. The van der Waals surface area contributed by atoms with E-state index in [9.17, 15) is 14.4 Å². The average Bonchev–Trinajstić information content (AvgIpc) is 2.93. The van der Waals surface area contributed by atoms with Crippen molar-refractivity contribution < 1.29 is 38.1 Å². The summed E-state index contributed by atoms with van der Waals surface area (Å²) in [7, 11) is 0. The molecule has 190 valence electrons. The minimum Gasteiger partial charge on any atom is -0.491 e. The third kappa shape index (κ3) is 9.83. The molecule has 3 rings (SSSR count). The Morgan fingerprint density at radius 1 is 0.676 bits per heavy atom. The summed E-state index contributed by atoms with van der Waals surface area (Å²) in [4.78, 5) is 35.3. The predicted octanol–water partition coefficient (Wildman–Crippen LogP) is 4.65. The molecule has 0 amide bonds. The van der Waals surface area contributed by atoms with E-state index >= 15 is 0 Å². The van der Waals surface area contributed by atoms with E-state index < -0.39 is 17.9 Å². The lowest BCUT2D eigenvalue weighted by atomic mass is 10.2. The Labute approximate surface area is 214 Å². The van der Waals surface area contributed by atoms with Crippen LogP contribution in [0.5, 0.6) is 17.2 Å². The molecule has 0 saturated heterocycles. The van der Waals surface area contributed by atoms with Crippen LogP contribution in [-0.2, 0) is 19.1 Å². The van der Waals surface area contributed by atoms with Crippen molar-refractivity contribution in [2.24, 2.45) is 0 Å². The van der Waals surface area contributed by atoms with Crippen LogP contribution in [-0.4, -0.2) is 44.3 Å². The van der Waals surface area contributed by atoms with Crippen LogP contribution in [0.1, 0.15) is 15.9 Å². The number of benzene rings is 3. The van der Waals surface area contributed by atoms with Gasteiger partial charge in [-0.15, -0.1) is 0 Å². The number of rotatable bonds is 13. The molecule has 0 aliphatic rings. The minimum absolute atomic E-state index is 0.141. The molecule has 37 heavy (non-hydrogen) atoms. The van der Waals surface area contributed by atoms with Gasteiger partial charge in [-0.2, -0.15) is 0 Å². The third-order valence-corrected chi connectivity index (χ3v) is 4.69. The molecule has 0 fully saturated rings. The summed E-state index contributed by atoms with van der Waals surface area (Å²) in [6.07, 6.45) is 4.09. The van der Waals surface area contributed by atoms with Gasteiger partial charge in [0, 0.05) is 12.2 Å². The fourth-order valence-electron chi connectivity index (χ4n) is 2.89. The standard InChI is InChI=1S/C29H26O8/c1-2-27(30)35-21-19-33-18-20-34-24-11-9-23(10-12-24)29(32)37-26-15-13-25(14-16-26)36-28(31)17-8-22-6-4-3-5-7-22/h2-17H,1,18-21H2. The Kier molecular flexibility index (Phi) is 10.7. The second-order valence-corrected chi connectivity index (χ2v) is 7.38. The first-order valence-corrected chi connectivity index (χ1v) is 11.4. The number of esters is 3. The van der Waals surface area contributed by atoms with E-state index in [0.29, 0.717) is 29.4 Å². The number of ether oxygens (including phenoxy) is 5. The summed E-state index contributed by atoms with van der Waals surface area (Å²) in [5.41, 5.74) is 1.23. The van der Waals surface area contributed by atoms with Gasteiger partial charge in [0.15, 0.2) is 0 Å². The van der Waals surface area contributed by atoms with Crippen molar-refractivity contribution in [1.82, 2.24) is 0 Å². The Hall–Kier alpha value is -4.69. The molecule has 0 heterocycles. The van der Waals surface area contributed by atoms with E-state index in [1.165, 1.54) is 18.2 Å². The molecule has 3 aromatic rings. The monoisotopic (exact) mass is 502 g/mol. The number of hydrogen-bond acceptors (Lipinski definition) is 8. The summed E-state index contributed by atoms with van der Waals surface area (Å²) < 4.78 is 26.3. The van der Waals surface area contributed by atoms with Gasteiger partial charge in [-0.25, -0.2) is 14.4 Å². The van der Waals surface area contributed by atoms with Crippen LogP contribution in [0.2, 0.25) is 0 Å². The number of carbonyl (C=O) groups excluding carboxylic acids is 3. The summed E-state index contributed by atoms with van der Waals surface area (Å²) in [6, 6.07) is 22.0. The Morgan fingerprint density at radius 2 is 1.30 bits per heavy atom. The maximum absolute atomic E-state index is 12.4. The van der Waals surface area contributed by atoms with E-state index in [2.05, 4.69) is 6.58 Å². The topological polar surface area (TPSA) is 97.4 Å². The van der Waals surface area contributed by atoms with Crippen molar-refractivity contribution in [1.29, 1.82) is 0 Å². The summed E-state index contributed by atoms with van der Waals surface area (Å²) >= 11 is 0. The van der Waals surface area contributed by atoms with Crippen LogP contribution in [0.3, 0.4) is 0 Å². The number of hydrogen-bond donors (Lipinski definition) is 0. The van der Waals surface area contributed by atoms with Crippen molar-refractivity contribution >= 4 is 24.0 Å². The Bertz CT molecular complexity index is 1200. The molecule has 0 unspecified atom stereocenters. The normalized spacial score (nSPS) is 10.5. The van der Waals surface area contributed by atoms with E-state index in [1.807, 2.05) is 30.3 Å². The van der Waals surface area contributed by atoms with Crippen molar-refractivity contribution in [3.8, 4) is 17.2 Å². The van der Waals surface area contributed by atoms with Crippen LogP contribution >= 0.6 is 0 Å². The van der Waals surface area contributed by atoms with Crippen LogP contribution in [0, 0.1) is 0 Å². The smallest absolute Gasteiger partial charge is 0.343 e. The highest BCUT2D eigenvalue weighted by atomic mass is 16.6. The van der Waals surface area contributed by atoms with Crippen molar-refractivity contribution in [2.75, 3.05) is 26.4 Å². The van der Waals surface area contributed by atoms with Gasteiger partial charge in [-0.1, -0.05) is 36.9 Å². The lowest BCUT2D eigenvalue weighted by Gasteiger charge is -2.09. The molecule has 0 spiro atoms. The molecule has 0 radical (unpaired) electrons. The second-order valence-electron chi connectivity index (χ2n) is 7.38. The zero-order valence-corrected chi connectivity index (χ0v) is 20.0. The minimum atomic E-state index is -0.542. The van der Waals surface area contributed by atoms with E-state index in [-0.39, 0.29) is 19.8 Å². The zero-order chi connectivity index (χ0) is 26.3. The summed E-state index contributed by atoms with van der Waals surface area (Å²) in [6.45, 7) is 4.30. The first kappa shape index (κ1) is 26.9. The Balaban J connectivity index is 1.38. The van der Waals surface area contributed by atoms with Crippen LogP contribution in [0.15, 0.2) is 97.6 Å². The molecule has 0 saturated carbocycles. The molecule has 8 heteroatoms. The summed E-state index contributed by atoms with van der Waals surface area (Å²) in [5, 5.41) is 0. The molecule has 3 aromatic carbocycles. The molecule has 0 bridgehead atoms. The fourth-order valence-corrected chi connectivity index (χ4v) is 2.89. The van der Waals surface area contributed by atoms with Gasteiger partial charge in [-0.3, -0.25) is 0 Å². The molecular weight excluding hydrogens is 476 g/mol. The predicted molar refractivity (Wildman–Crippen MR) is 136 cm³/mol. The largest absolute Gasteiger partial charge is 0.491 e. The lowest BCUT2D eigenvalue weighted by Crippen LogP contribution is -2.12. The Morgan fingerprint density at radius 3 is 1.97 bits per heavy atom. The molecule has 0 aliphatic heterocycles. The van der Waals surface area contributed by atoms with Crippen molar-refractivity contribution in [3.05, 3.63) is 109 Å². The van der Waals surface area contributed by atoms with Gasteiger partial charge >= 0.3 is 17.9 Å². The van der Waals surface area contributed by atoms with E-state index in [4.69, 9.17) is 23.7 Å². The lowest BCUT2D eigenvalue weighted by molar-refractivity contribution is -0.139. The van der Waals surface area contributed by atoms with Crippen molar-refractivity contribution in [2.45, 2.75) is 0 Å². The maximum atomic E-state index is 12.4. The van der Waals surface area contributed by atoms with E-state index in [0.717, 1.165) is 11.6 Å². The molecular formula is C29H26O8. The highest BCUT2D eigenvalue weighted by molar-refractivity contribution is 5.91. The SMILES string of the molecule is C=CC(=O)OCCOCCOc1ccc(C(=O)Oc2ccc(OC(=O)C=Cc3ccccc3)cc2)cc1. The van der Waals surface area contributed by atoms with Gasteiger partial charge in [0.05, 0.1) is 18.8 Å². The molecule has 0 aromatic heterocycles. The summed E-state index contributed by atoms with van der Waals surface area (Å²) in [5.74, 6) is -0.364. The molecule has 0 aliphatic carbocycles. The van der Waals surface area contributed by atoms with Crippen LogP contribution in [0.25, 0.3) is 6.08 Å². The fraction of sp³-hybridized carbons (Fsp3) is 0.138. The van der Waals surface area contributed by atoms with E-state index in [1.54, 1.807) is 42.5 Å². The van der Waals surface area contributed by atoms with Crippen molar-refractivity contribution in [3.63, 3.8) is 0 Å².